The van der Waals surface area contributed by atoms with E-state index in [2.05, 4.69) is 15.4 Å². The fraction of sp³-hybridized carbons (Fsp3) is 0.235. The molecule has 1 aromatic carbocycles. The topological polar surface area (TPSA) is 68.5 Å². The molecule has 0 unspecified atom stereocenters. The Morgan fingerprint density at radius 3 is 2.71 bits per heavy atom. The molecule has 0 fully saturated rings. The third kappa shape index (κ3) is 3.05. The zero-order chi connectivity index (χ0) is 17.1. The minimum Gasteiger partial charge on any atom is -0.462 e. The van der Waals surface area contributed by atoms with Gasteiger partial charge in [0.1, 0.15) is 11.8 Å². The quantitative estimate of drug-likeness (QED) is 0.712. The number of ether oxygens (including phenoxy) is 1. The Morgan fingerprint density at radius 1 is 1.29 bits per heavy atom. The molecule has 0 aliphatic carbocycles. The summed E-state index contributed by atoms with van der Waals surface area (Å²) < 4.78 is 6.78. The van der Waals surface area contributed by atoms with Crippen LogP contribution in [-0.4, -0.2) is 27.2 Å². The zero-order valence-corrected chi connectivity index (χ0v) is 14.2. The fourth-order valence-electron chi connectivity index (χ4n) is 2.58. The van der Waals surface area contributed by atoms with Crippen LogP contribution in [0.1, 0.15) is 29.8 Å². The normalized spacial score (nSPS) is 10.8. The number of hydrogen-bond donors (Lipinski definition) is 1. The Balaban J connectivity index is 2.08. The summed E-state index contributed by atoms with van der Waals surface area (Å²) in [7, 11) is 0. The first-order chi connectivity index (χ1) is 11.6. The maximum Gasteiger partial charge on any atom is 0.340 e. The lowest BCUT2D eigenvalue weighted by Crippen LogP contribution is -2.06. The van der Waals surface area contributed by atoms with Gasteiger partial charge in [-0.1, -0.05) is 18.5 Å². The number of aromatic nitrogens is 3. The highest BCUT2D eigenvalue weighted by atomic mass is 35.5. The molecule has 2 heterocycles. The summed E-state index contributed by atoms with van der Waals surface area (Å²) in [6.45, 7) is 4.10. The molecule has 0 atom stereocenters. The van der Waals surface area contributed by atoms with E-state index >= 15 is 0 Å². The number of rotatable bonds is 5. The lowest BCUT2D eigenvalue weighted by molar-refractivity contribution is 0.0525. The van der Waals surface area contributed by atoms with Crippen LogP contribution in [0.15, 0.2) is 36.8 Å². The Labute approximate surface area is 144 Å². The van der Waals surface area contributed by atoms with E-state index in [-0.39, 0.29) is 5.97 Å². The number of carbonyl (C=O) groups is 1. The van der Waals surface area contributed by atoms with Crippen LogP contribution in [0.3, 0.4) is 0 Å². The molecule has 1 N–H and O–H groups in total. The van der Waals surface area contributed by atoms with Gasteiger partial charge in [0, 0.05) is 16.9 Å². The van der Waals surface area contributed by atoms with Crippen LogP contribution in [0.5, 0.6) is 0 Å². The maximum atomic E-state index is 12.2. The Kier molecular flexibility index (Phi) is 4.66. The Hall–Kier alpha value is -2.60. The average molecular weight is 345 g/mol. The monoisotopic (exact) mass is 344 g/mol. The van der Waals surface area contributed by atoms with Crippen LogP contribution < -0.4 is 5.32 Å². The van der Waals surface area contributed by atoms with Gasteiger partial charge >= 0.3 is 5.97 Å². The minimum atomic E-state index is -0.350. The van der Waals surface area contributed by atoms with E-state index in [9.17, 15) is 4.79 Å². The number of nitrogens with zero attached hydrogens (tertiary/aromatic N) is 3. The minimum absolute atomic E-state index is 0.329. The molecular formula is C17H17ClN4O2. The number of anilines is 2. The van der Waals surface area contributed by atoms with Gasteiger partial charge in [-0.05, 0) is 43.2 Å². The molecular weight excluding hydrogens is 328 g/mol. The molecule has 0 radical (unpaired) electrons. The standard InChI is InChI=1S/C17H17ClN4O2/c1-3-13-14(17(23)24-4-2)9-22-15(13)16(19-10-20-22)21-12-7-5-11(18)6-8-12/h5-10H,3-4H2,1-2H3,(H,19,20,21). The first kappa shape index (κ1) is 16.3. The summed E-state index contributed by atoms with van der Waals surface area (Å²) in [6.07, 6.45) is 3.79. The van der Waals surface area contributed by atoms with Crippen molar-refractivity contribution in [3.63, 3.8) is 0 Å². The van der Waals surface area contributed by atoms with Gasteiger partial charge < -0.3 is 10.1 Å². The van der Waals surface area contributed by atoms with Gasteiger partial charge in [-0.15, -0.1) is 0 Å². The molecule has 3 rings (SSSR count). The smallest absolute Gasteiger partial charge is 0.340 e. The highest BCUT2D eigenvalue weighted by Crippen LogP contribution is 2.27. The number of carbonyl (C=O) groups excluding carboxylic acids is 1. The summed E-state index contributed by atoms with van der Waals surface area (Å²) in [5, 5.41) is 8.12. The second-order valence-corrected chi connectivity index (χ2v) is 5.57. The van der Waals surface area contributed by atoms with Crippen LogP contribution in [0.25, 0.3) is 5.52 Å². The highest BCUT2D eigenvalue weighted by molar-refractivity contribution is 6.30. The van der Waals surface area contributed by atoms with E-state index in [1.807, 2.05) is 19.1 Å². The summed E-state index contributed by atoms with van der Waals surface area (Å²) in [5.41, 5.74) is 2.98. The third-order valence-corrected chi connectivity index (χ3v) is 3.89. The van der Waals surface area contributed by atoms with Crippen molar-refractivity contribution in [3.05, 3.63) is 52.9 Å². The lowest BCUT2D eigenvalue weighted by atomic mass is 10.1. The molecule has 0 saturated heterocycles. The summed E-state index contributed by atoms with van der Waals surface area (Å²) >= 11 is 5.92. The van der Waals surface area contributed by atoms with E-state index in [0.717, 1.165) is 16.8 Å². The van der Waals surface area contributed by atoms with Crippen molar-refractivity contribution >= 4 is 34.6 Å². The van der Waals surface area contributed by atoms with E-state index < -0.39 is 0 Å². The average Bonchev–Trinajstić information content (AvgIpc) is 2.97. The van der Waals surface area contributed by atoms with Crippen molar-refractivity contribution in [3.8, 4) is 0 Å². The number of esters is 1. The molecule has 124 valence electrons. The van der Waals surface area contributed by atoms with Crippen LogP contribution in [0.2, 0.25) is 5.02 Å². The molecule has 7 heteroatoms. The third-order valence-electron chi connectivity index (χ3n) is 3.63. The van der Waals surface area contributed by atoms with Gasteiger partial charge in [-0.2, -0.15) is 5.10 Å². The molecule has 6 nitrogen and oxygen atoms in total. The summed E-state index contributed by atoms with van der Waals surface area (Å²) in [6, 6.07) is 7.32. The first-order valence-electron chi connectivity index (χ1n) is 7.69. The van der Waals surface area contributed by atoms with Crippen LogP contribution in [-0.2, 0) is 11.2 Å². The molecule has 3 aromatic rings. The zero-order valence-electron chi connectivity index (χ0n) is 13.4. The van der Waals surface area contributed by atoms with Gasteiger partial charge in [0.05, 0.1) is 12.2 Å². The predicted molar refractivity (Wildman–Crippen MR) is 93.1 cm³/mol. The van der Waals surface area contributed by atoms with Gasteiger partial charge in [-0.3, -0.25) is 0 Å². The number of nitrogens with one attached hydrogen (secondary N) is 1. The van der Waals surface area contributed by atoms with Crippen molar-refractivity contribution in [2.45, 2.75) is 20.3 Å². The molecule has 0 spiro atoms. The van der Waals surface area contributed by atoms with E-state index in [0.29, 0.717) is 29.4 Å². The fourth-order valence-corrected chi connectivity index (χ4v) is 2.70. The van der Waals surface area contributed by atoms with Gasteiger partial charge in [-0.25, -0.2) is 14.3 Å². The number of fused-ring (bicyclic) bond motifs is 1. The number of aryl methyl sites for hydroxylation is 1. The van der Waals surface area contributed by atoms with E-state index in [4.69, 9.17) is 16.3 Å². The van der Waals surface area contributed by atoms with Crippen LogP contribution in [0.4, 0.5) is 11.5 Å². The lowest BCUT2D eigenvalue weighted by Gasteiger charge is -2.08. The molecule has 0 aliphatic rings. The number of halogens is 1. The van der Waals surface area contributed by atoms with Crippen molar-refractivity contribution in [1.29, 1.82) is 0 Å². The molecule has 2 aromatic heterocycles. The second kappa shape index (κ2) is 6.88. The maximum absolute atomic E-state index is 12.2. The van der Waals surface area contributed by atoms with Crippen LogP contribution >= 0.6 is 11.6 Å². The van der Waals surface area contributed by atoms with Crippen molar-refractivity contribution in [1.82, 2.24) is 14.6 Å². The Bertz CT molecular complexity index is 874. The van der Waals surface area contributed by atoms with Gasteiger partial charge in [0.2, 0.25) is 0 Å². The number of benzene rings is 1. The summed E-state index contributed by atoms with van der Waals surface area (Å²) in [5.74, 6) is 0.275. The molecule has 0 bridgehead atoms. The van der Waals surface area contributed by atoms with E-state index in [1.54, 1.807) is 29.8 Å². The highest BCUT2D eigenvalue weighted by Gasteiger charge is 2.20. The predicted octanol–water partition coefficient (Wildman–Crippen LogP) is 3.87. The van der Waals surface area contributed by atoms with Gasteiger partial charge in [0.15, 0.2) is 5.82 Å². The van der Waals surface area contributed by atoms with Crippen molar-refractivity contribution in [2.75, 3.05) is 11.9 Å². The molecule has 0 saturated carbocycles. The molecule has 24 heavy (non-hydrogen) atoms. The van der Waals surface area contributed by atoms with Crippen molar-refractivity contribution < 1.29 is 9.53 Å². The first-order valence-corrected chi connectivity index (χ1v) is 8.06. The molecule has 0 amide bonds. The summed E-state index contributed by atoms with van der Waals surface area (Å²) in [4.78, 5) is 16.5. The molecule has 0 aliphatic heterocycles. The number of hydrogen-bond acceptors (Lipinski definition) is 5. The van der Waals surface area contributed by atoms with E-state index in [1.165, 1.54) is 6.33 Å². The second-order valence-electron chi connectivity index (χ2n) is 5.13. The van der Waals surface area contributed by atoms with Gasteiger partial charge in [0.25, 0.3) is 0 Å². The van der Waals surface area contributed by atoms with Crippen LogP contribution in [0, 0.1) is 0 Å². The Morgan fingerprint density at radius 2 is 2.04 bits per heavy atom. The largest absolute Gasteiger partial charge is 0.462 e. The SMILES string of the molecule is CCOC(=O)c1cn2ncnc(Nc3ccc(Cl)cc3)c2c1CC. The van der Waals surface area contributed by atoms with Crippen molar-refractivity contribution in [2.24, 2.45) is 0 Å².